The lowest BCUT2D eigenvalue weighted by Gasteiger charge is -2.05. The second-order valence-electron chi connectivity index (χ2n) is 4.16. The van der Waals surface area contributed by atoms with Crippen LogP contribution in [0.15, 0.2) is 40.9 Å². The van der Waals surface area contributed by atoms with Crippen LogP contribution in [-0.4, -0.2) is 5.16 Å². The molecule has 0 saturated carbocycles. The molecule has 0 fully saturated rings. The Bertz CT molecular complexity index is 734. The first-order valence-electron chi connectivity index (χ1n) is 5.58. The van der Waals surface area contributed by atoms with Crippen LogP contribution in [0.5, 0.6) is 0 Å². The molecule has 2 N–H and O–H groups in total. The number of nitrogens with two attached hydrogens (primary N) is 1. The molecule has 0 aliphatic heterocycles. The summed E-state index contributed by atoms with van der Waals surface area (Å²) >= 11 is 0. The van der Waals surface area contributed by atoms with E-state index in [-0.39, 0.29) is 5.82 Å². The zero-order valence-electron chi connectivity index (χ0n) is 9.77. The number of benzene rings is 2. The van der Waals surface area contributed by atoms with Gasteiger partial charge in [0.15, 0.2) is 0 Å². The molecule has 1 heterocycles. The van der Waals surface area contributed by atoms with Crippen molar-refractivity contribution in [2.45, 2.75) is 6.92 Å². The number of hydrogen-bond donors (Lipinski definition) is 1. The van der Waals surface area contributed by atoms with Crippen LogP contribution >= 0.6 is 0 Å². The largest absolute Gasteiger partial charge is 0.367 e. The van der Waals surface area contributed by atoms with Gasteiger partial charge in [0.05, 0.1) is 0 Å². The van der Waals surface area contributed by atoms with Crippen LogP contribution in [0.1, 0.15) is 5.56 Å². The molecule has 0 bridgehead atoms. The van der Waals surface area contributed by atoms with Gasteiger partial charge in [0.25, 0.3) is 0 Å². The zero-order chi connectivity index (χ0) is 12.7. The Morgan fingerprint density at radius 2 is 1.83 bits per heavy atom. The number of hydrogen-bond acceptors (Lipinski definition) is 3. The third-order valence-electron chi connectivity index (χ3n) is 3.09. The lowest BCUT2D eigenvalue weighted by molar-refractivity contribution is 0.439. The summed E-state index contributed by atoms with van der Waals surface area (Å²) in [6.45, 7) is 1.83. The van der Waals surface area contributed by atoms with Gasteiger partial charge in [-0.15, -0.1) is 0 Å². The van der Waals surface area contributed by atoms with Crippen LogP contribution in [0, 0.1) is 12.7 Å². The van der Waals surface area contributed by atoms with Crippen molar-refractivity contribution in [1.82, 2.24) is 5.16 Å². The molecular weight excluding hydrogens is 231 g/mol. The number of nitrogen functional groups attached to an aromatic ring is 1. The molecule has 3 nitrogen and oxygen atoms in total. The minimum Gasteiger partial charge on any atom is -0.367 e. The van der Waals surface area contributed by atoms with Gasteiger partial charge in [-0.2, -0.15) is 0 Å². The van der Waals surface area contributed by atoms with Gasteiger partial charge in [-0.25, -0.2) is 4.39 Å². The predicted octanol–water partition coefficient (Wildman–Crippen LogP) is 3.52. The zero-order valence-corrected chi connectivity index (χ0v) is 9.77. The molecule has 0 aliphatic rings. The third-order valence-corrected chi connectivity index (χ3v) is 3.09. The topological polar surface area (TPSA) is 52.0 Å². The summed E-state index contributed by atoms with van der Waals surface area (Å²) in [4.78, 5) is 0. The Morgan fingerprint density at radius 3 is 2.50 bits per heavy atom. The van der Waals surface area contributed by atoms with E-state index in [0.29, 0.717) is 17.0 Å². The second-order valence-corrected chi connectivity index (χ2v) is 4.16. The first-order valence-corrected chi connectivity index (χ1v) is 5.58. The molecule has 0 saturated heterocycles. The van der Waals surface area contributed by atoms with Crippen LogP contribution in [0.25, 0.3) is 22.0 Å². The molecule has 1 aromatic heterocycles. The standard InChI is InChI=1S/C14H11FN2O/c1-8-13(17-18-14(8)16)11-6-7-12(15)10-5-3-2-4-9(10)11/h2-7H,16H2,1H3. The van der Waals surface area contributed by atoms with Crippen molar-refractivity contribution in [3.05, 3.63) is 47.8 Å². The number of nitrogens with zero attached hydrogens (tertiary/aromatic N) is 1. The third kappa shape index (κ3) is 1.46. The quantitative estimate of drug-likeness (QED) is 0.710. The van der Waals surface area contributed by atoms with E-state index in [0.717, 1.165) is 16.5 Å². The van der Waals surface area contributed by atoms with E-state index in [2.05, 4.69) is 5.16 Å². The predicted molar refractivity (Wildman–Crippen MR) is 68.6 cm³/mol. The van der Waals surface area contributed by atoms with Crippen molar-refractivity contribution in [1.29, 1.82) is 0 Å². The van der Waals surface area contributed by atoms with Gasteiger partial charge in [0, 0.05) is 16.5 Å². The maximum atomic E-state index is 13.7. The van der Waals surface area contributed by atoms with E-state index in [4.69, 9.17) is 10.3 Å². The van der Waals surface area contributed by atoms with Crippen molar-refractivity contribution in [3.63, 3.8) is 0 Å². The van der Waals surface area contributed by atoms with Gasteiger partial charge in [0.2, 0.25) is 5.88 Å². The van der Waals surface area contributed by atoms with Gasteiger partial charge in [-0.05, 0) is 24.4 Å². The number of anilines is 1. The summed E-state index contributed by atoms with van der Waals surface area (Å²) in [5.74, 6) is 0.0434. The molecule has 18 heavy (non-hydrogen) atoms. The Balaban J connectivity index is 2.37. The smallest absolute Gasteiger partial charge is 0.225 e. The summed E-state index contributed by atoms with van der Waals surface area (Å²) in [5.41, 5.74) is 7.90. The molecular formula is C14H11FN2O. The maximum Gasteiger partial charge on any atom is 0.225 e. The Kier molecular flexibility index (Phi) is 2.30. The highest BCUT2D eigenvalue weighted by Crippen LogP contribution is 2.33. The maximum absolute atomic E-state index is 13.7. The normalized spacial score (nSPS) is 11.0. The van der Waals surface area contributed by atoms with Crippen LogP contribution in [0.3, 0.4) is 0 Å². The molecule has 3 aromatic rings. The molecule has 0 aliphatic carbocycles. The second kappa shape index (κ2) is 3.84. The fraction of sp³-hybridized carbons (Fsp3) is 0.0714. The van der Waals surface area contributed by atoms with Gasteiger partial charge in [-0.3, -0.25) is 0 Å². The van der Waals surface area contributed by atoms with E-state index in [1.807, 2.05) is 19.1 Å². The first kappa shape index (κ1) is 10.8. The fourth-order valence-corrected chi connectivity index (χ4v) is 2.07. The summed E-state index contributed by atoms with van der Waals surface area (Å²) in [5, 5.41) is 5.31. The summed E-state index contributed by atoms with van der Waals surface area (Å²) in [7, 11) is 0. The van der Waals surface area contributed by atoms with E-state index >= 15 is 0 Å². The molecule has 90 valence electrons. The Hall–Kier alpha value is -2.36. The summed E-state index contributed by atoms with van der Waals surface area (Å²) < 4.78 is 18.7. The van der Waals surface area contributed by atoms with Crippen molar-refractivity contribution < 1.29 is 8.91 Å². The molecule has 0 spiro atoms. The van der Waals surface area contributed by atoms with Crippen LogP contribution in [-0.2, 0) is 0 Å². The number of halogens is 1. The summed E-state index contributed by atoms with van der Waals surface area (Å²) in [6.07, 6.45) is 0. The first-order chi connectivity index (χ1) is 8.68. The molecule has 0 radical (unpaired) electrons. The minimum atomic E-state index is -0.247. The Labute approximate surface area is 103 Å². The van der Waals surface area contributed by atoms with E-state index in [9.17, 15) is 4.39 Å². The van der Waals surface area contributed by atoms with Gasteiger partial charge < -0.3 is 10.3 Å². The summed E-state index contributed by atoms with van der Waals surface area (Å²) in [6, 6.07) is 10.4. The lowest BCUT2D eigenvalue weighted by atomic mass is 10.00. The highest BCUT2D eigenvalue weighted by atomic mass is 19.1. The van der Waals surface area contributed by atoms with Crippen LogP contribution in [0.4, 0.5) is 10.3 Å². The fourth-order valence-electron chi connectivity index (χ4n) is 2.07. The number of rotatable bonds is 1. The number of aromatic nitrogens is 1. The molecule has 2 aromatic carbocycles. The van der Waals surface area contributed by atoms with Gasteiger partial charge in [-0.1, -0.05) is 29.4 Å². The average Bonchev–Trinajstić information content (AvgIpc) is 2.71. The highest BCUT2D eigenvalue weighted by molar-refractivity contribution is 5.97. The van der Waals surface area contributed by atoms with Gasteiger partial charge in [0.1, 0.15) is 11.5 Å². The number of fused-ring (bicyclic) bond motifs is 1. The van der Waals surface area contributed by atoms with Crippen LogP contribution in [0.2, 0.25) is 0 Å². The molecule has 0 unspecified atom stereocenters. The Morgan fingerprint density at radius 1 is 1.11 bits per heavy atom. The SMILES string of the molecule is Cc1c(-c2ccc(F)c3ccccc23)noc1N. The average molecular weight is 242 g/mol. The van der Waals surface area contributed by atoms with Gasteiger partial charge >= 0.3 is 0 Å². The molecule has 0 amide bonds. The van der Waals surface area contributed by atoms with E-state index < -0.39 is 0 Å². The van der Waals surface area contributed by atoms with Crippen molar-refractivity contribution >= 4 is 16.7 Å². The molecule has 0 atom stereocenters. The van der Waals surface area contributed by atoms with Crippen molar-refractivity contribution in [3.8, 4) is 11.3 Å². The minimum absolute atomic E-state index is 0.247. The van der Waals surface area contributed by atoms with E-state index in [1.54, 1.807) is 18.2 Å². The lowest BCUT2D eigenvalue weighted by Crippen LogP contribution is -1.88. The molecule has 4 heteroatoms. The van der Waals surface area contributed by atoms with Crippen molar-refractivity contribution in [2.75, 3.05) is 5.73 Å². The highest BCUT2D eigenvalue weighted by Gasteiger charge is 2.14. The monoisotopic (exact) mass is 242 g/mol. The van der Waals surface area contributed by atoms with E-state index in [1.165, 1.54) is 6.07 Å². The molecule has 3 rings (SSSR count). The van der Waals surface area contributed by atoms with Crippen LogP contribution < -0.4 is 5.73 Å². The van der Waals surface area contributed by atoms with Crippen molar-refractivity contribution in [2.24, 2.45) is 0 Å².